The molecule has 0 bridgehead atoms. The van der Waals surface area contributed by atoms with Crippen LogP contribution >= 0.6 is 0 Å². The van der Waals surface area contributed by atoms with Gasteiger partial charge in [0.1, 0.15) is 5.75 Å². The lowest BCUT2D eigenvalue weighted by molar-refractivity contribution is -0.203. The third-order valence-corrected chi connectivity index (χ3v) is 5.80. The standard InChI is InChI=1S/C23H25F3N6O4/c1-4-5-12-31-17-18(28-21(29(3)19(17)33)35-16-9-7-6-8-15(16)2)32(36-20(34)23(24,25)26)22(31)30-13-10-27-11-14-30/h6-9,22,27H,10-14H2,1-3H3. The highest BCUT2D eigenvalue weighted by atomic mass is 19.4. The van der Waals surface area contributed by atoms with E-state index in [-0.39, 0.29) is 24.1 Å². The maximum atomic E-state index is 13.5. The highest BCUT2D eigenvalue weighted by Gasteiger charge is 2.50. The summed E-state index contributed by atoms with van der Waals surface area (Å²) in [5.74, 6) is 3.29. The molecule has 36 heavy (non-hydrogen) atoms. The first-order valence-electron chi connectivity index (χ1n) is 11.2. The third kappa shape index (κ3) is 4.82. The second-order valence-electron chi connectivity index (χ2n) is 8.19. The number of piperazine rings is 1. The number of aryl methyl sites for hydroxylation is 1. The van der Waals surface area contributed by atoms with Crippen LogP contribution in [-0.2, 0) is 16.7 Å². The predicted molar refractivity (Wildman–Crippen MR) is 124 cm³/mol. The fourth-order valence-corrected chi connectivity index (χ4v) is 3.99. The SMILES string of the molecule is CC#CCN1c2c(nc(Oc3ccccc3C)n(C)c2=O)N(OC(=O)C(F)(F)F)C1N1CCNCC1. The molecular formula is C23H25F3N6O4. The van der Waals surface area contributed by atoms with Crippen molar-refractivity contribution in [2.24, 2.45) is 7.05 Å². The number of nitrogens with zero attached hydrogens (tertiary/aromatic N) is 5. The van der Waals surface area contributed by atoms with Crippen LogP contribution in [0.25, 0.3) is 0 Å². The van der Waals surface area contributed by atoms with Crippen molar-refractivity contribution in [1.29, 1.82) is 0 Å². The van der Waals surface area contributed by atoms with Crippen molar-refractivity contribution in [3.8, 4) is 23.6 Å². The number of aromatic nitrogens is 2. The Labute approximate surface area is 205 Å². The summed E-state index contributed by atoms with van der Waals surface area (Å²) in [6.45, 7) is 5.33. The van der Waals surface area contributed by atoms with Gasteiger partial charge in [0.25, 0.3) is 5.56 Å². The number of hydroxylamine groups is 1. The molecule has 4 rings (SSSR count). The van der Waals surface area contributed by atoms with E-state index in [2.05, 4.69) is 22.1 Å². The average Bonchev–Trinajstić information content (AvgIpc) is 3.15. The normalized spacial score (nSPS) is 17.9. The molecule has 1 atom stereocenters. The molecule has 2 aliphatic heterocycles. The van der Waals surface area contributed by atoms with Crippen LogP contribution in [0, 0.1) is 18.8 Å². The van der Waals surface area contributed by atoms with E-state index >= 15 is 0 Å². The zero-order valence-corrected chi connectivity index (χ0v) is 19.9. The van der Waals surface area contributed by atoms with Gasteiger partial charge in [-0.1, -0.05) is 24.1 Å². The first kappa shape index (κ1) is 25.3. The summed E-state index contributed by atoms with van der Waals surface area (Å²) >= 11 is 0. The van der Waals surface area contributed by atoms with E-state index in [9.17, 15) is 22.8 Å². The lowest BCUT2D eigenvalue weighted by atomic mass is 10.2. The van der Waals surface area contributed by atoms with Crippen molar-refractivity contribution in [3.63, 3.8) is 0 Å². The molecule has 0 saturated carbocycles. The van der Waals surface area contributed by atoms with Crippen molar-refractivity contribution in [3.05, 3.63) is 40.2 Å². The van der Waals surface area contributed by atoms with Crippen LogP contribution in [-0.4, -0.2) is 65.6 Å². The first-order valence-corrected chi connectivity index (χ1v) is 11.2. The molecule has 1 N–H and O–H groups in total. The van der Waals surface area contributed by atoms with Crippen LogP contribution in [0.3, 0.4) is 0 Å². The number of hydrogen-bond acceptors (Lipinski definition) is 9. The summed E-state index contributed by atoms with van der Waals surface area (Å²) in [5.41, 5.74) is 0.120. The van der Waals surface area contributed by atoms with Crippen LogP contribution in [0.2, 0.25) is 0 Å². The zero-order valence-electron chi connectivity index (χ0n) is 19.9. The van der Waals surface area contributed by atoms with Gasteiger partial charge < -0.3 is 19.8 Å². The fourth-order valence-electron chi connectivity index (χ4n) is 3.99. The van der Waals surface area contributed by atoms with E-state index in [0.717, 1.165) is 15.2 Å². The number of alkyl halides is 3. The summed E-state index contributed by atoms with van der Waals surface area (Å²) in [7, 11) is 1.44. The number of para-hydroxylation sites is 1. The highest BCUT2D eigenvalue weighted by Crippen LogP contribution is 2.39. The van der Waals surface area contributed by atoms with Gasteiger partial charge in [-0.25, -0.2) is 4.79 Å². The van der Waals surface area contributed by atoms with Gasteiger partial charge in [0, 0.05) is 33.2 Å². The van der Waals surface area contributed by atoms with Gasteiger partial charge in [-0.2, -0.15) is 18.2 Å². The van der Waals surface area contributed by atoms with E-state index in [4.69, 9.17) is 9.57 Å². The Bertz CT molecular complexity index is 1260. The van der Waals surface area contributed by atoms with Crippen LogP contribution in [0.1, 0.15) is 12.5 Å². The van der Waals surface area contributed by atoms with E-state index in [1.54, 1.807) is 43.0 Å². The molecule has 2 aliphatic rings. The van der Waals surface area contributed by atoms with E-state index in [1.807, 2.05) is 0 Å². The van der Waals surface area contributed by atoms with Crippen LogP contribution in [0.5, 0.6) is 11.8 Å². The first-order chi connectivity index (χ1) is 17.1. The largest absolute Gasteiger partial charge is 0.493 e. The second-order valence-corrected chi connectivity index (χ2v) is 8.19. The zero-order chi connectivity index (χ0) is 26.0. The molecular weight excluding hydrogens is 481 g/mol. The van der Waals surface area contributed by atoms with Crippen molar-refractivity contribution >= 4 is 17.5 Å². The molecule has 1 unspecified atom stereocenters. The molecule has 1 fully saturated rings. The van der Waals surface area contributed by atoms with Gasteiger partial charge in [-0.3, -0.25) is 14.3 Å². The summed E-state index contributed by atoms with van der Waals surface area (Å²) in [5, 5.41) is 3.90. The summed E-state index contributed by atoms with van der Waals surface area (Å²) < 4.78 is 46.7. The average molecular weight is 506 g/mol. The Hall–Kier alpha value is -3.76. The predicted octanol–water partition coefficient (Wildman–Crippen LogP) is 1.74. The Kier molecular flexibility index (Phi) is 7.09. The van der Waals surface area contributed by atoms with Gasteiger partial charge >= 0.3 is 18.2 Å². The summed E-state index contributed by atoms with van der Waals surface area (Å²) in [6, 6.07) is 6.83. The molecule has 0 aliphatic carbocycles. The molecule has 0 radical (unpaired) electrons. The molecule has 1 aromatic heterocycles. The van der Waals surface area contributed by atoms with Gasteiger partial charge in [-0.15, -0.1) is 11.0 Å². The van der Waals surface area contributed by atoms with Crippen molar-refractivity contribution in [2.75, 3.05) is 42.7 Å². The number of halogens is 3. The van der Waals surface area contributed by atoms with Crippen molar-refractivity contribution < 1.29 is 27.5 Å². The molecule has 192 valence electrons. The Morgan fingerprint density at radius 3 is 2.58 bits per heavy atom. The van der Waals surface area contributed by atoms with Crippen molar-refractivity contribution in [1.82, 2.24) is 19.8 Å². The van der Waals surface area contributed by atoms with Gasteiger partial charge in [0.05, 0.1) is 6.54 Å². The Morgan fingerprint density at radius 1 is 1.25 bits per heavy atom. The van der Waals surface area contributed by atoms with Crippen LogP contribution < -0.4 is 25.6 Å². The third-order valence-electron chi connectivity index (χ3n) is 5.80. The number of nitrogens with one attached hydrogen (secondary N) is 1. The number of anilines is 2. The molecule has 2 aromatic rings. The quantitative estimate of drug-likeness (QED) is 0.609. The summed E-state index contributed by atoms with van der Waals surface area (Å²) in [6.07, 6.45) is -6.33. The number of carbonyl (C=O) groups excluding carboxylic acids is 1. The van der Waals surface area contributed by atoms with Crippen LogP contribution in [0.15, 0.2) is 29.1 Å². The van der Waals surface area contributed by atoms with Gasteiger partial charge in [0.2, 0.25) is 5.82 Å². The van der Waals surface area contributed by atoms with E-state index in [0.29, 0.717) is 31.9 Å². The maximum absolute atomic E-state index is 13.5. The lowest BCUT2D eigenvalue weighted by Crippen LogP contribution is -2.61. The highest BCUT2D eigenvalue weighted by molar-refractivity contribution is 5.80. The van der Waals surface area contributed by atoms with Gasteiger partial charge in [-0.05, 0) is 25.5 Å². The monoisotopic (exact) mass is 506 g/mol. The second kappa shape index (κ2) is 10.1. The summed E-state index contributed by atoms with van der Waals surface area (Å²) in [4.78, 5) is 38.0. The minimum Gasteiger partial charge on any atom is -0.425 e. The molecule has 3 heterocycles. The number of hydrogen-bond donors (Lipinski definition) is 1. The van der Waals surface area contributed by atoms with Crippen LogP contribution in [0.4, 0.5) is 24.7 Å². The minimum absolute atomic E-state index is 0.00686. The van der Waals surface area contributed by atoms with E-state index < -0.39 is 24.0 Å². The number of ether oxygens (including phenoxy) is 1. The molecule has 0 spiro atoms. The molecule has 13 heteroatoms. The number of carbonyl (C=O) groups is 1. The number of benzene rings is 1. The number of rotatable bonds is 5. The lowest BCUT2D eigenvalue weighted by Gasteiger charge is -2.40. The minimum atomic E-state index is -5.26. The Morgan fingerprint density at radius 2 is 1.94 bits per heavy atom. The molecule has 10 nitrogen and oxygen atoms in total. The van der Waals surface area contributed by atoms with E-state index in [1.165, 1.54) is 11.9 Å². The maximum Gasteiger partial charge on any atom is 0.493 e. The van der Waals surface area contributed by atoms with Gasteiger partial charge in [0.15, 0.2) is 12.0 Å². The smallest absolute Gasteiger partial charge is 0.425 e. The molecule has 1 aromatic carbocycles. The number of fused-ring (bicyclic) bond motifs is 1. The Balaban J connectivity index is 1.86. The fraction of sp³-hybridized carbons (Fsp3) is 0.435. The topological polar surface area (TPSA) is 92.2 Å². The molecule has 0 amide bonds. The molecule has 1 saturated heterocycles. The van der Waals surface area contributed by atoms with Crippen molar-refractivity contribution in [2.45, 2.75) is 26.3 Å².